The zero-order valence-corrected chi connectivity index (χ0v) is 12.4. The van der Waals surface area contributed by atoms with Crippen LogP contribution in [-0.4, -0.2) is 17.9 Å². The number of nitrogens with zero attached hydrogens (tertiary/aromatic N) is 1. The van der Waals surface area contributed by atoms with Crippen LogP contribution in [0.2, 0.25) is 0 Å². The lowest BCUT2D eigenvalue weighted by Gasteiger charge is -2.45. The van der Waals surface area contributed by atoms with Crippen LogP contribution in [0.4, 0.5) is 5.69 Å². The van der Waals surface area contributed by atoms with Gasteiger partial charge in [-0.3, -0.25) is 9.69 Å². The van der Waals surface area contributed by atoms with Crippen LogP contribution in [0.15, 0.2) is 10.8 Å². The Morgan fingerprint density at radius 2 is 2.22 bits per heavy atom. The second-order valence-electron chi connectivity index (χ2n) is 5.97. The van der Waals surface area contributed by atoms with Crippen LogP contribution < -0.4 is 4.90 Å². The summed E-state index contributed by atoms with van der Waals surface area (Å²) in [6, 6.07) is 0. The molecule has 0 aromatic carbocycles. The fourth-order valence-electron chi connectivity index (χ4n) is 2.13. The summed E-state index contributed by atoms with van der Waals surface area (Å²) in [6.07, 6.45) is 0.648. The lowest BCUT2D eigenvalue weighted by molar-refractivity contribution is -0.122. The van der Waals surface area contributed by atoms with Gasteiger partial charge in [-0.25, -0.2) is 0 Å². The van der Waals surface area contributed by atoms with Crippen LogP contribution in [0.3, 0.4) is 0 Å². The monoisotopic (exact) mass is 283 g/mol. The Bertz CT molecular complexity index is 478. The third kappa shape index (κ3) is 2.08. The minimum Gasteiger partial charge on any atom is -0.362 e. The largest absolute Gasteiger partial charge is 0.362 e. The maximum Gasteiger partial charge on any atom is 0.230 e. The third-order valence-electron chi connectivity index (χ3n) is 3.04. The lowest BCUT2D eigenvalue weighted by Crippen LogP contribution is -2.53. The van der Waals surface area contributed by atoms with Crippen molar-refractivity contribution in [1.29, 1.82) is 0 Å². The number of hydrogen-bond acceptors (Lipinski definition) is 4. The molecule has 2 aliphatic rings. The first-order chi connectivity index (χ1) is 8.46. The Balaban J connectivity index is 1.80. The van der Waals surface area contributed by atoms with Gasteiger partial charge in [-0.1, -0.05) is 32.5 Å². The Hall–Kier alpha value is -0.520. The van der Waals surface area contributed by atoms with E-state index in [0.717, 1.165) is 12.3 Å². The Kier molecular flexibility index (Phi) is 2.95. The maximum absolute atomic E-state index is 11.6. The zero-order valence-electron chi connectivity index (χ0n) is 10.8. The minimum atomic E-state index is 0.0832. The van der Waals surface area contributed by atoms with E-state index in [1.165, 1.54) is 5.56 Å². The summed E-state index contributed by atoms with van der Waals surface area (Å²) in [5.41, 5.74) is 2.49. The molecule has 1 unspecified atom stereocenters. The average molecular weight is 283 g/mol. The number of anilines is 1. The van der Waals surface area contributed by atoms with Crippen LogP contribution in [0.25, 0.3) is 0 Å². The summed E-state index contributed by atoms with van der Waals surface area (Å²) < 4.78 is 6.05. The van der Waals surface area contributed by atoms with Crippen molar-refractivity contribution in [2.24, 2.45) is 5.41 Å². The molecular weight excluding hydrogens is 266 g/mol. The van der Waals surface area contributed by atoms with Gasteiger partial charge in [-0.05, 0) is 10.8 Å². The average Bonchev–Trinajstić information content (AvgIpc) is 2.70. The Labute approximate surface area is 116 Å². The van der Waals surface area contributed by atoms with E-state index in [0.29, 0.717) is 6.42 Å². The summed E-state index contributed by atoms with van der Waals surface area (Å²) >= 11 is 3.41. The standard InChI is InChI=1S/C13H17NO2S2/c1-13(2,3)7-16-12-8-5-17-6-9(8)14-10(15)4-11(14)18-12/h5-6,11-12H,4,7H2,1-3H3/t11-,12?/m0/s1. The lowest BCUT2D eigenvalue weighted by atomic mass is 9.99. The highest BCUT2D eigenvalue weighted by molar-refractivity contribution is 8.00. The fraction of sp³-hybridized carbons (Fsp3) is 0.615. The predicted molar refractivity (Wildman–Crippen MR) is 75.9 cm³/mol. The van der Waals surface area contributed by atoms with E-state index >= 15 is 0 Å². The van der Waals surface area contributed by atoms with Crippen molar-refractivity contribution in [2.45, 2.75) is 38.0 Å². The van der Waals surface area contributed by atoms with Crippen molar-refractivity contribution >= 4 is 34.7 Å². The molecule has 3 nitrogen and oxygen atoms in total. The van der Waals surface area contributed by atoms with Gasteiger partial charge in [0.1, 0.15) is 5.44 Å². The van der Waals surface area contributed by atoms with Crippen molar-refractivity contribution in [1.82, 2.24) is 0 Å². The minimum absolute atomic E-state index is 0.0832. The number of ether oxygens (including phenoxy) is 1. The van der Waals surface area contributed by atoms with Crippen molar-refractivity contribution < 1.29 is 9.53 Å². The van der Waals surface area contributed by atoms with Crippen molar-refractivity contribution in [3.8, 4) is 0 Å². The van der Waals surface area contributed by atoms with Crippen molar-refractivity contribution in [3.63, 3.8) is 0 Å². The molecule has 0 saturated carbocycles. The number of carbonyl (C=O) groups excluding carboxylic acids is 1. The van der Waals surface area contributed by atoms with Gasteiger partial charge in [0.25, 0.3) is 0 Å². The molecule has 98 valence electrons. The van der Waals surface area contributed by atoms with Gasteiger partial charge >= 0.3 is 0 Å². The van der Waals surface area contributed by atoms with Crippen LogP contribution >= 0.6 is 23.1 Å². The number of fused-ring (bicyclic) bond motifs is 3. The van der Waals surface area contributed by atoms with E-state index in [9.17, 15) is 4.79 Å². The molecule has 1 fully saturated rings. The molecule has 0 aliphatic carbocycles. The molecule has 1 aromatic rings. The first-order valence-electron chi connectivity index (χ1n) is 6.11. The van der Waals surface area contributed by atoms with Gasteiger partial charge in [-0.15, -0.1) is 11.3 Å². The first kappa shape index (κ1) is 12.5. The van der Waals surface area contributed by atoms with E-state index < -0.39 is 0 Å². The quantitative estimate of drug-likeness (QED) is 0.776. The number of thiophene rings is 1. The van der Waals surface area contributed by atoms with Gasteiger partial charge in [-0.2, -0.15) is 0 Å². The van der Waals surface area contributed by atoms with Crippen molar-refractivity contribution in [3.05, 3.63) is 16.3 Å². The number of hydrogen-bond donors (Lipinski definition) is 0. The molecule has 1 aromatic heterocycles. The van der Waals surface area contributed by atoms with Gasteiger partial charge in [0.2, 0.25) is 5.91 Å². The summed E-state index contributed by atoms with van der Waals surface area (Å²) in [7, 11) is 0. The molecule has 1 saturated heterocycles. The Morgan fingerprint density at radius 3 is 2.89 bits per heavy atom. The van der Waals surface area contributed by atoms with Gasteiger partial charge in [0, 0.05) is 10.9 Å². The van der Waals surface area contributed by atoms with E-state index in [1.54, 1.807) is 23.1 Å². The van der Waals surface area contributed by atoms with E-state index in [1.807, 2.05) is 4.90 Å². The van der Waals surface area contributed by atoms with Gasteiger partial charge in [0.15, 0.2) is 0 Å². The van der Waals surface area contributed by atoms with Crippen LogP contribution in [0.5, 0.6) is 0 Å². The second kappa shape index (κ2) is 4.25. The SMILES string of the molecule is CC(C)(C)COC1S[C@H]2CC(=O)N2c2cscc21. The molecule has 0 spiro atoms. The van der Waals surface area contributed by atoms with Crippen LogP contribution in [0, 0.1) is 5.41 Å². The number of rotatable bonds is 2. The highest BCUT2D eigenvalue weighted by atomic mass is 32.2. The number of thioether (sulfide) groups is 1. The van der Waals surface area contributed by atoms with Crippen molar-refractivity contribution in [2.75, 3.05) is 11.5 Å². The third-order valence-corrected chi connectivity index (χ3v) is 5.12. The molecule has 5 heteroatoms. The molecule has 0 N–H and O–H groups in total. The van der Waals surface area contributed by atoms with E-state index in [4.69, 9.17) is 4.74 Å². The molecule has 18 heavy (non-hydrogen) atoms. The molecule has 3 heterocycles. The van der Waals surface area contributed by atoms with Gasteiger partial charge in [0.05, 0.1) is 24.1 Å². The summed E-state index contributed by atoms with van der Waals surface area (Å²) in [4.78, 5) is 13.5. The highest BCUT2D eigenvalue weighted by Gasteiger charge is 2.45. The highest BCUT2D eigenvalue weighted by Crippen LogP contribution is 2.52. The number of carbonyl (C=O) groups is 1. The summed E-state index contributed by atoms with van der Waals surface area (Å²) in [6.45, 7) is 7.26. The summed E-state index contributed by atoms with van der Waals surface area (Å²) in [5, 5.41) is 4.45. The zero-order chi connectivity index (χ0) is 12.9. The van der Waals surface area contributed by atoms with Crippen LogP contribution in [0.1, 0.15) is 38.2 Å². The molecular formula is C13H17NO2S2. The van der Waals surface area contributed by atoms with Crippen LogP contribution in [-0.2, 0) is 9.53 Å². The maximum atomic E-state index is 11.6. The van der Waals surface area contributed by atoms with E-state index in [-0.39, 0.29) is 22.1 Å². The predicted octanol–water partition coefficient (Wildman–Crippen LogP) is 3.62. The Morgan fingerprint density at radius 1 is 1.44 bits per heavy atom. The normalized spacial score (nSPS) is 26.6. The molecule has 2 aliphatic heterocycles. The molecule has 3 rings (SSSR count). The number of β-lactam (4-membered cyclic amide) rings is 1. The topological polar surface area (TPSA) is 29.5 Å². The second-order valence-corrected chi connectivity index (χ2v) is 7.96. The summed E-state index contributed by atoms with van der Waals surface area (Å²) in [5.74, 6) is 0.237. The number of amides is 1. The van der Waals surface area contributed by atoms with Gasteiger partial charge < -0.3 is 4.74 Å². The van der Waals surface area contributed by atoms with E-state index in [2.05, 4.69) is 31.5 Å². The first-order valence-corrected chi connectivity index (χ1v) is 7.99. The smallest absolute Gasteiger partial charge is 0.230 e. The molecule has 0 bridgehead atoms. The molecule has 0 radical (unpaired) electrons. The molecule has 2 atom stereocenters. The molecule has 1 amide bonds. The fourth-order valence-corrected chi connectivity index (χ4v) is 4.41.